The van der Waals surface area contributed by atoms with Crippen LogP contribution in [-0.2, 0) is 17.8 Å². The number of nitrogens with two attached hydrogens (primary N) is 1. The van der Waals surface area contributed by atoms with Crippen molar-refractivity contribution in [2.75, 3.05) is 13.7 Å². The number of benzene rings is 2. The summed E-state index contributed by atoms with van der Waals surface area (Å²) in [5.74, 6) is 0.630. The first-order chi connectivity index (χ1) is 11.5. The van der Waals surface area contributed by atoms with Crippen LogP contribution in [0.15, 0.2) is 48.5 Å². The molecule has 0 spiro atoms. The van der Waals surface area contributed by atoms with Crippen LogP contribution >= 0.6 is 11.6 Å². The molecule has 1 atom stereocenters. The number of hydrogen-bond acceptors (Lipinski definition) is 3. The van der Waals surface area contributed by atoms with Gasteiger partial charge in [0.25, 0.3) is 0 Å². The number of amides is 1. The fourth-order valence-electron chi connectivity index (χ4n) is 2.61. The molecule has 0 bridgehead atoms. The number of rotatable bonds is 7. The third-order valence-electron chi connectivity index (χ3n) is 3.91. The molecule has 0 unspecified atom stereocenters. The largest absolute Gasteiger partial charge is 0.496 e. The lowest BCUT2D eigenvalue weighted by Gasteiger charge is -2.25. The van der Waals surface area contributed by atoms with Crippen molar-refractivity contribution in [2.24, 2.45) is 5.73 Å². The van der Waals surface area contributed by atoms with E-state index < -0.39 is 6.04 Å². The Labute approximate surface area is 148 Å². The van der Waals surface area contributed by atoms with Crippen LogP contribution in [0.1, 0.15) is 18.1 Å². The van der Waals surface area contributed by atoms with Gasteiger partial charge in [-0.3, -0.25) is 4.79 Å². The lowest BCUT2D eigenvalue weighted by Crippen LogP contribution is -2.44. The van der Waals surface area contributed by atoms with Gasteiger partial charge in [-0.25, -0.2) is 0 Å². The molecule has 2 rings (SSSR count). The fraction of sp³-hybridized carbons (Fsp3) is 0.316. The van der Waals surface area contributed by atoms with Gasteiger partial charge in [0, 0.05) is 23.7 Å². The Morgan fingerprint density at radius 1 is 1.25 bits per heavy atom. The first kappa shape index (κ1) is 18.3. The maximum Gasteiger partial charge on any atom is 0.240 e. The van der Waals surface area contributed by atoms with E-state index in [1.54, 1.807) is 24.1 Å². The Balaban J connectivity index is 2.10. The van der Waals surface area contributed by atoms with E-state index in [9.17, 15) is 4.79 Å². The third kappa shape index (κ3) is 4.73. The average Bonchev–Trinajstić information content (AvgIpc) is 2.60. The van der Waals surface area contributed by atoms with Crippen molar-refractivity contribution < 1.29 is 9.53 Å². The quantitative estimate of drug-likeness (QED) is 0.837. The molecule has 128 valence electrons. The van der Waals surface area contributed by atoms with Gasteiger partial charge in [-0.2, -0.15) is 0 Å². The number of carbonyl (C=O) groups is 1. The maximum absolute atomic E-state index is 12.7. The number of nitrogens with zero attached hydrogens (tertiary/aromatic N) is 1. The van der Waals surface area contributed by atoms with E-state index in [1.165, 1.54) is 0 Å². The van der Waals surface area contributed by atoms with Crippen LogP contribution < -0.4 is 10.5 Å². The number of hydrogen-bond donors (Lipinski definition) is 1. The summed E-state index contributed by atoms with van der Waals surface area (Å²) in [6.07, 6.45) is 0.517. The second-order valence-electron chi connectivity index (χ2n) is 5.60. The molecule has 5 heteroatoms. The van der Waals surface area contributed by atoms with Crippen molar-refractivity contribution >= 4 is 17.5 Å². The van der Waals surface area contributed by atoms with Gasteiger partial charge in [0.1, 0.15) is 5.75 Å². The summed E-state index contributed by atoms with van der Waals surface area (Å²) in [6.45, 7) is 2.92. The number of halogens is 1. The molecule has 2 N–H and O–H groups in total. The molecular weight excluding hydrogens is 324 g/mol. The molecule has 0 aliphatic carbocycles. The summed E-state index contributed by atoms with van der Waals surface area (Å²) in [6, 6.07) is 14.6. The minimum absolute atomic E-state index is 0.0802. The minimum Gasteiger partial charge on any atom is -0.496 e. The Hall–Kier alpha value is -2.04. The molecule has 0 fully saturated rings. The predicted octanol–water partition coefficient (Wildman–Crippen LogP) is 3.27. The summed E-state index contributed by atoms with van der Waals surface area (Å²) in [4.78, 5) is 14.4. The summed E-state index contributed by atoms with van der Waals surface area (Å²) in [5.41, 5.74) is 8.05. The topological polar surface area (TPSA) is 55.6 Å². The lowest BCUT2D eigenvalue weighted by molar-refractivity contribution is -0.133. The molecule has 0 radical (unpaired) electrons. The highest BCUT2D eigenvalue weighted by Gasteiger charge is 2.21. The second-order valence-corrected chi connectivity index (χ2v) is 6.04. The smallest absolute Gasteiger partial charge is 0.240 e. The normalized spacial score (nSPS) is 11.8. The molecule has 1 amide bonds. The zero-order valence-electron chi connectivity index (χ0n) is 14.0. The Morgan fingerprint density at radius 3 is 2.58 bits per heavy atom. The van der Waals surface area contributed by atoms with Gasteiger partial charge in [0.15, 0.2) is 0 Å². The van der Waals surface area contributed by atoms with E-state index in [4.69, 9.17) is 22.1 Å². The lowest BCUT2D eigenvalue weighted by atomic mass is 10.1. The van der Waals surface area contributed by atoms with E-state index >= 15 is 0 Å². The van der Waals surface area contributed by atoms with Crippen molar-refractivity contribution in [3.63, 3.8) is 0 Å². The maximum atomic E-state index is 12.7. The van der Waals surface area contributed by atoms with Gasteiger partial charge in [0.05, 0.1) is 13.2 Å². The van der Waals surface area contributed by atoms with Crippen LogP contribution in [0.3, 0.4) is 0 Å². The third-order valence-corrected chi connectivity index (χ3v) is 4.15. The molecule has 0 heterocycles. The highest BCUT2D eigenvalue weighted by atomic mass is 35.5. The Bertz CT molecular complexity index is 676. The van der Waals surface area contributed by atoms with Gasteiger partial charge < -0.3 is 15.4 Å². The molecule has 0 saturated carbocycles. The average molecular weight is 347 g/mol. The summed E-state index contributed by atoms with van der Waals surface area (Å²) >= 11 is 6.07. The molecular formula is C19H23ClN2O2. The summed E-state index contributed by atoms with van der Waals surface area (Å²) in [7, 11) is 1.60. The number of likely N-dealkylation sites (N-methyl/N-ethyl adjacent to an activating group) is 1. The van der Waals surface area contributed by atoms with Gasteiger partial charge in [-0.05, 0) is 37.1 Å². The van der Waals surface area contributed by atoms with Crippen LogP contribution in [0, 0.1) is 0 Å². The molecule has 2 aromatic rings. The Morgan fingerprint density at radius 2 is 1.96 bits per heavy atom. The van der Waals surface area contributed by atoms with Crippen molar-refractivity contribution in [3.05, 3.63) is 64.7 Å². The van der Waals surface area contributed by atoms with Crippen LogP contribution in [0.5, 0.6) is 5.75 Å². The van der Waals surface area contributed by atoms with E-state index in [0.29, 0.717) is 30.3 Å². The van der Waals surface area contributed by atoms with E-state index in [0.717, 1.165) is 11.1 Å². The minimum atomic E-state index is -0.572. The molecule has 0 aliphatic heterocycles. The molecule has 4 nitrogen and oxygen atoms in total. The van der Waals surface area contributed by atoms with Crippen LogP contribution in [0.4, 0.5) is 0 Å². The van der Waals surface area contributed by atoms with Crippen LogP contribution in [-0.4, -0.2) is 30.5 Å². The molecule has 0 aromatic heterocycles. The number of methoxy groups -OCH3 is 1. The standard InChI is InChI=1S/C19H23ClN2O2/c1-3-22(13-15-12-16(20)9-10-18(15)24-2)19(23)17(21)11-14-7-5-4-6-8-14/h4-10,12,17H,3,11,13,21H2,1-2H3/t17-/m0/s1. The summed E-state index contributed by atoms with van der Waals surface area (Å²) < 4.78 is 5.35. The van der Waals surface area contributed by atoms with Gasteiger partial charge in [-0.1, -0.05) is 41.9 Å². The zero-order valence-corrected chi connectivity index (χ0v) is 14.8. The first-order valence-electron chi connectivity index (χ1n) is 7.95. The number of carbonyl (C=O) groups excluding carboxylic acids is 1. The van der Waals surface area contributed by atoms with E-state index in [2.05, 4.69) is 0 Å². The zero-order chi connectivity index (χ0) is 17.5. The van der Waals surface area contributed by atoms with E-state index in [-0.39, 0.29) is 5.91 Å². The second kappa shape index (κ2) is 8.71. The van der Waals surface area contributed by atoms with Gasteiger partial charge in [-0.15, -0.1) is 0 Å². The highest BCUT2D eigenvalue weighted by Crippen LogP contribution is 2.24. The van der Waals surface area contributed by atoms with Gasteiger partial charge >= 0.3 is 0 Å². The Kier molecular flexibility index (Phi) is 6.64. The van der Waals surface area contributed by atoms with Crippen molar-refractivity contribution in [1.29, 1.82) is 0 Å². The molecule has 0 aliphatic rings. The van der Waals surface area contributed by atoms with E-state index in [1.807, 2.05) is 43.3 Å². The molecule has 2 aromatic carbocycles. The predicted molar refractivity (Wildman–Crippen MR) is 97.2 cm³/mol. The van der Waals surface area contributed by atoms with Crippen LogP contribution in [0.25, 0.3) is 0 Å². The summed E-state index contributed by atoms with van der Waals surface area (Å²) in [5, 5.41) is 0.614. The van der Waals surface area contributed by atoms with Crippen LogP contribution in [0.2, 0.25) is 5.02 Å². The van der Waals surface area contributed by atoms with Crippen molar-refractivity contribution in [1.82, 2.24) is 4.90 Å². The SMILES string of the molecule is CCN(Cc1cc(Cl)ccc1OC)C(=O)[C@@H](N)Cc1ccccc1. The van der Waals surface area contributed by atoms with Gasteiger partial charge in [0.2, 0.25) is 5.91 Å². The fourth-order valence-corrected chi connectivity index (χ4v) is 2.81. The molecule has 0 saturated heterocycles. The number of ether oxygens (including phenoxy) is 1. The first-order valence-corrected chi connectivity index (χ1v) is 8.33. The highest BCUT2D eigenvalue weighted by molar-refractivity contribution is 6.30. The monoisotopic (exact) mass is 346 g/mol. The molecule has 24 heavy (non-hydrogen) atoms. The van der Waals surface area contributed by atoms with Crippen molar-refractivity contribution in [2.45, 2.75) is 25.9 Å². The van der Waals surface area contributed by atoms with Crippen molar-refractivity contribution in [3.8, 4) is 5.75 Å².